The van der Waals surface area contributed by atoms with E-state index in [4.69, 9.17) is 0 Å². The summed E-state index contributed by atoms with van der Waals surface area (Å²) in [4.78, 5) is 23.7. The Balaban J connectivity index is 1.98. The highest BCUT2D eigenvalue weighted by atomic mass is 19.4. The van der Waals surface area contributed by atoms with Gasteiger partial charge in [0.15, 0.2) is 0 Å². The van der Waals surface area contributed by atoms with E-state index in [9.17, 15) is 27.9 Å². The maximum Gasteiger partial charge on any atom is 0.416 e. The molecule has 0 saturated heterocycles. The van der Waals surface area contributed by atoms with Crippen LogP contribution >= 0.6 is 0 Å². The number of aliphatic hydroxyl groups excluding tert-OH is 1. The number of halogens is 3. The van der Waals surface area contributed by atoms with Crippen molar-refractivity contribution in [3.63, 3.8) is 0 Å². The van der Waals surface area contributed by atoms with E-state index in [0.29, 0.717) is 25.7 Å². The molecule has 24 heavy (non-hydrogen) atoms. The van der Waals surface area contributed by atoms with E-state index in [1.807, 2.05) is 0 Å². The third kappa shape index (κ3) is 4.70. The number of amides is 2. The third-order valence-corrected chi connectivity index (χ3v) is 4.04. The number of alkyl halides is 3. The number of aryl methyl sites for hydroxylation is 1. The normalized spacial score (nSPS) is 21.2. The van der Waals surface area contributed by atoms with Gasteiger partial charge in [0, 0.05) is 11.7 Å². The zero-order chi connectivity index (χ0) is 17.9. The van der Waals surface area contributed by atoms with E-state index >= 15 is 0 Å². The van der Waals surface area contributed by atoms with Gasteiger partial charge in [0.25, 0.3) is 0 Å². The molecule has 2 rings (SSSR count). The summed E-state index contributed by atoms with van der Waals surface area (Å²) >= 11 is 0. The fourth-order valence-corrected chi connectivity index (χ4v) is 2.66. The second-order valence-corrected chi connectivity index (χ2v) is 5.96. The summed E-state index contributed by atoms with van der Waals surface area (Å²) in [5.74, 6) is -1.91. The largest absolute Gasteiger partial charge is 0.416 e. The number of benzene rings is 1. The molecule has 0 radical (unpaired) electrons. The third-order valence-electron chi connectivity index (χ3n) is 4.04. The van der Waals surface area contributed by atoms with Crippen LogP contribution in [0.3, 0.4) is 0 Å². The van der Waals surface area contributed by atoms with Gasteiger partial charge in [0.2, 0.25) is 0 Å². The van der Waals surface area contributed by atoms with Crippen molar-refractivity contribution in [2.45, 2.75) is 50.9 Å². The number of carbonyl (C=O) groups excluding carboxylic acids is 2. The maximum atomic E-state index is 12.9. The number of carbonyl (C=O) groups is 2. The first-order valence-electron chi connectivity index (χ1n) is 7.64. The maximum absolute atomic E-state index is 12.9. The van der Waals surface area contributed by atoms with E-state index in [1.54, 1.807) is 0 Å². The summed E-state index contributed by atoms with van der Waals surface area (Å²) in [6.45, 7) is 1.32. The Hall–Kier alpha value is -2.09. The summed E-state index contributed by atoms with van der Waals surface area (Å²) < 4.78 is 38.6. The van der Waals surface area contributed by atoms with Crippen LogP contribution < -0.4 is 10.6 Å². The van der Waals surface area contributed by atoms with Gasteiger partial charge in [-0.15, -0.1) is 0 Å². The van der Waals surface area contributed by atoms with Crippen molar-refractivity contribution < 1.29 is 27.9 Å². The van der Waals surface area contributed by atoms with Crippen molar-refractivity contribution in [1.82, 2.24) is 5.32 Å². The van der Waals surface area contributed by atoms with Crippen LogP contribution in [0.2, 0.25) is 0 Å². The van der Waals surface area contributed by atoms with Crippen LogP contribution in [0, 0.1) is 6.92 Å². The predicted octanol–water partition coefficient (Wildman–Crippen LogP) is 2.37. The smallest absolute Gasteiger partial charge is 0.393 e. The molecule has 1 aromatic rings. The molecule has 5 nitrogen and oxygen atoms in total. The topological polar surface area (TPSA) is 78.4 Å². The molecular weight excluding hydrogens is 325 g/mol. The molecule has 1 aliphatic carbocycles. The summed E-state index contributed by atoms with van der Waals surface area (Å²) in [7, 11) is 0. The Morgan fingerprint density at radius 3 is 2.33 bits per heavy atom. The lowest BCUT2D eigenvalue weighted by Crippen LogP contribution is -2.43. The minimum Gasteiger partial charge on any atom is -0.393 e. The van der Waals surface area contributed by atoms with Crippen LogP contribution in [-0.4, -0.2) is 29.1 Å². The van der Waals surface area contributed by atoms with E-state index in [2.05, 4.69) is 10.6 Å². The molecule has 2 amide bonds. The van der Waals surface area contributed by atoms with Gasteiger partial charge in [-0.1, -0.05) is 6.07 Å². The summed E-state index contributed by atoms with van der Waals surface area (Å²) in [5.41, 5.74) is -0.917. The SMILES string of the molecule is Cc1ccc(NC(=O)C(=O)NC2CCC(O)CC2)cc1C(F)(F)F. The predicted molar refractivity (Wildman–Crippen MR) is 81.2 cm³/mol. The molecule has 3 N–H and O–H groups in total. The minimum atomic E-state index is -4.53. The van der Waals surface area contributed by atoms with Crippen molar-refractivity contribution in [3.05, 3.63) is 29.3 Å². The molecule has 0 bridgehead atoms. The second kappa shape index (κ2) is 7.21. The molecule has 0 unspecified atom stereocenters. The summed E-state index contributed by atoms with van der Waals surface area (Å²) in [6, 6.07) is 3.14. The first-order valence-corrected chi connectivity index (χ1v) is 7.64. The van der Waals surface area contributed by atoms with E-state index in [-0.39, 0.29) is 23.4 Å². The van der Waals surface area contributed by atoms with E-state index in [1.165, 1.54) is 19.1 Å². The number of hydrogen-bond acceptors (Lipinski definition) is 3. The van der Waals surface area contributed by atoms with Gasteiger partial charge < -0.3 is 15.7 Å². The van der Waals surface area contributed by atoms with Gasteiger partial charge in [0.1, 0.15) is 0 Å². The van der Waals surface area contributed by atoms with Gasteiger partial charge in [-0.3, -0.25) is 9.59 Å². The highest BCUT2D eigenvalue weighted by Crippen LogP contribution is 2.33. The van der Waals surface area contributed by atoms with Gasteiger partial charge in [-0.05, 0) is 50.3 Å². The number of rotatable bonds is 2. The molecule has 1 fully saturated rings. The molecule has 0 spiro atoms. The minimum absolute atomic E-state index is 0.0331. The van der Waals surface area contributed by atoms with Crippen molar-refractivity contribution >= 4 is 17.5 Å². The van der Waals surface area contributed by atoms with Crippen LogP contribution in [0.1, 0.15) is 36.8 Å². The zero-order valence-corrected chi connectivity index (χ0v) is 13.1. The molecule has 0 heterocycles. The molecule has 0 aliphatic heterocycles. The van der Waals surface area contributed by atoms with Crippen LogP contribution in [0.15, 0.2) is 18.2 Å². The zero-order valence-electron chi connectivity index (χ0n) is 13.1. The van der Waals surface area contributed by atoms with E-state index < -0.39 is 23.6 Å². The number of aliphatic hydroxyl groups is 1. The van der Waals surface area contributed by atoms with Gasteiger partial charge in [-0.2, -0.15) is 13.2 Å². The molecule has 0 aromatic heterocycles. The Labute approximate surface area is 137 Å². The molecule has 1 saturated carbocycles. The van der Waals surface area contributed by atoms with Crippen molar-refractivity contribution in [1.29, 1.82) is 0 Å². The van der Waals surface area contributed by atoms with Gasteiger partial charge in [0.05, 0.1) is 11.7 Å². The second-order valence-electron chi connectivity index (χ2n) is 5.96. The molecule has 1 aliphatic rings. The summed E-state index contributed by atoms with van der Waals surface area (Å²) in [6.07, 6.45) is -2.72. The van der Waals surface area contributed by atoms with E-state index in [0.717, 1.165) is 6.07 Å². The van der Waals surface area contributed by atoms with Gasteiger partial charge in [-0.25, -0.2) is 0 Å². The Morgan fingerprint density at radius 2 is 1.75 bits per heavy atom. The Bertz CT molecular complexity index is 623. The number of nitrogens with one attached hydrogen (secondary N) is 2. The van der Waals surface area contributed by atoms with Crippen LogP contribution in [0.4, 0.5) is 18.9 Å². The molecular formula is C16H19F3N2O3. The standard InChI is InChI=1S/C16H19F3N2O3/c1-9-2-3-11(8-13(9)16(17,18)19)21-15(24)14(23)20-10-4-6-12(22)7-5-10/h2-3,8,10,12,22H,4-7H2,1H3,(H,20,23)(H,21,24). The average molecular weight is 344 g/mol. The number of hydrogen-bond donors (Lipinski definition) is 3. The van der Waals surface area contributed by atoms with Gasteiger partial charge >= 0.3 is 18.0 Å². The quantitative estimate of drug-likeness (QED) is 0.721. The first-order chi connectivity index (χ1) is 11.2. The lowest BCUT2D eigenvalue weighted by Gasteiger charge is -2.25. The molecule has 1 aromatic carbocycles. The van der Waals surface area contributed by atoms with Crippen LogP contribution in [0.5, 0.6) is 0 Å². The average Bonchev–Trinajstić information content (AvgIpc) is 2.50. The fraction of sp³-hybridized carbons (Fsp3) is 0.500. The van der Waals surface area contributed by atoms with Crippen molar-refractivity contribution in [3.8, 4) is 0 Å². The number of anilines is 1. The lowest BCUT2D eigenvalue weighted by atomic mass is 9.93. The van der Waals surface area contributed by atoms with Crippen molar-refractivity contribution in [2.24, 2.45) is 0 Å². The molecule has 0 atom stereocenters. The highest BCUT2D eigenvalue weighted by molar-refractivity contribution is 6.39. The van der Waals surface area contributed by atoms with Crippen molar-refractivity contribution in [2.75, 3.05) is 5.32 Å². The molecule has 132 valence electrons. The highest BCUT2D eigenvalue weighted by Gasteiger charge is 2.32. The first kappa shape index (κ1) is 18.3. The monoisotopic (exact) mass is 344 g/mol. The Morgan fingerprint density at radius 1 is 1.12 bits per heavy atom. The summed E-state index contributed by atoms with van der Waals surface area (Å²) in [5, 5.41) is 14.1. The van der Waals surface area contributed by atoms with Crippen LogP contribution in [0.25, 0.3) is 0 Å². The lowest BCUT2D eigenvalue weighted by molar-refractivity contribution is -0.138. The fourth-order valence-electron chi connectivity index (χ4n) is 2.66. The Kier molecular flexibility index (Phi) is 5.48. The van der Waals surface area contributed by atoms with Crippen LogP contribution in [-0.2, 0) is 15.8 Å². The molecule has 8 heteroatoms.